The third-order valence-electron chi connectivity index (χ3n) is 2.80. The Morgan fingerprint density at radius 2 is 2.53 bits per heavy atom. The lowest BCUT2D eigenvalue weighted by Gasteiger charge is -2.17. The number of carbonyl (C=O) groups excluding carboxylic acids is 1. The van der Waals surface area contributed by atoms with Crippen LogP contribution in [-0.4, -0.2) is 46.0 Å². The van der Waals surface area contributed by atoms with Gasteiger partial charge in [-0.1, -0.05) is 0 Å². The van der Waals surface area contributed by atoms with Gasteiger partial charge in [-0.3, -0.25) is 9.69 Å². The Labute approximate surface area is 88.9 Å². The molecule has 0 aliphatic carbocycles. The molecule has 0 aromatic carbocycles. The van der Waals surface area contributed by atoms with E-state index in [-0.39, 0.29) is 5.78 Å². The molecule has 2 N–H and O–H groups in total. The summed E-state index contributed by atoms with van der Waals surface area (Å²) in [7, 11) is 0. The average Bonchev–Trinajstić information content (AvgIpc) is 2.74. The van der Waals surface area contributed by atoms with Crippen molar-refractivity contribution in [2.75, 3.05) is 19.6 Å². The monoisotopic (exact) mass is 208 g/mol. The molecule has 1 aromatic heterocycles. The van der Waals surface area contributed by atoms with E-state index in [0.717, 1.165) is 13.0 Å². The third kappa shape index (κ3) is 2.46. The first kappa shape index (κ1) is 10.4. The van der Waals surface area contributed by atoms with Gasteiger partial charge in [0.25, 0.3) is 0 Å². The number of hydrogen-bond donors (Lipinski definition) is 2. The van der Waals surface area contributed by atoms with Crippen molar-refractivity contribution in [1.82, 2.24) is 9.88 Å². The third-order valence-corrected chi connectivity index (χ3v) is 2.80. The van der Waals surface area contributed by atoms with Crippen molar-refractivity contribution >= 4 is 5.78 Å². The first-order valence-corrected chi connectivity index (χ1v) is 5.18. The van der Waals surface area contributed by atoms with Crippen molar-refractivity contribution in [3.05, 3.63) is 24.0 Å². The summed E-state index contributed by atoms with van der Waals surface area (Å²) < 4.78 is 0. The van der Waals surface area contributed by atoms with E-state index in [2.05, 4.69) is 4.98 Å². The van der Waals surface area contributed by atoms with Gasteiger partial charge in [0.2, 0.25) is 0 Å². The minimum Gasteiger partial charge on any atom is -0.389 e. The summed E-state index contributed by atoms with van der Waals surface area (Å²) >= 11 is 0. The van der Waals surface area contributed by atoms with E-state index < -0.39 is 5.60 Å². The van der Waals surface area contributed by atoms with E-state index in [1.54, 1.807) is 12.3 Å². The molecular weight excluding hydrogens is 192 g/mol. The number of Topliss-reactive ketones (excluding diaryl/α,β-unsaturated/α-hetero) is 1. The topological polar surface area (TPSA) is 56.3 Å². The summed E-state index contributed by atoms with van der Waals surface area (Å²) in [5.41, 5.74) is 0.0114. The summed E-state index contributed by atoms with van der Waals surface area (Å²) in [5.74, 6) is 0.0812. The number of rotatable bonds is 3. The summed E-state index contributed by atoms with van der Waals surface area (Å²) in [5, 5.41) is 9.75. The minimum atomic E-state index is -0.629. The number of hydrogen-bond acceptors (Lipinski definition) is 3. The van der Waals surface area contributed by atoms with Gasteiger partial charge >= 0.3 is 0 Å². The number of likely N-dealkylation sites (tertiary alicyclic amines) is 1. The highest BCUT2D eigenvalue weighted by molar-refractivity contribution is 5.95. The highest BCUT2D eigenvalue weighted by Gasteiger charge is 2.32. The molecule has 4 heteroatoms. The van der Waals surface area contributed by atoms with Crippen molar-refractivity contribution < 1.29 is 9.90 Å². The van der Waals surface area contributed by atoms with Gasteiger partial charge in [-0.05, 0) is 25.5 Å². The van der Waals surface area contributed by atoms with Gasteiger partial charge in [-0.2, -0.15) is 0 Å². The van der Waals surface area contributed by atoms with Gasteiger partial charge in [0.05, 0.1) is 17.8 Å². The minimum absolute atomic E-state index is 0.0812. The Bertz CT molecular complexity index is 343. The quantitative estimate of drug-likeness (QED) is 0.717. The maximum Gasteiger partial charge on any atom is 0.192 e. The lowest BCUT2D eigenvalue weighted by molar-refractivity contribution is 0.0668. The van der Waals surface area contributed by atoms with Crippen LogP contribution in [0.25, 0.3) is 0 Å². The smallest absolute Gasteiger partial charge is 0.192 e. The molecule has 0 amide bonds. The standard InChI is InChI=1S/C11H16N2O2/c1-11(15)4-6-13(8-11)7-10(14)9-3-2-5-12-9/h2-3,5,12,15H,4,6-8H2,1H3. The number of aromatic amines is 1. The lowest BCUT2D eigenvalue weighted by Crippen LogP contribution is -2.33. The normalized spacial score (nSPS) is 27.1. The zero-order valence-electron chi connectivity index (χ0n) is 8.86. The Kier molecular flexibility index (Phi) is 2.63. The molecule has 4 nitrogen and oxygen atoms in total. The molecule has 1 unspecified atom stereocenters. The predicted molar refractivity (Wildman–Crippen MR) is 56.8 cm³/mol. The van der Waals surface area contributed by atoms with Crippen molar-refractivity contribution in [2.24, 2.45) is 0 Å². The van der Waals surface area contributed by atoms with Crippen LogP contribution in [0.15, 0.2) is 18.3 Å². The fourth-order valence-corrected chi connectivity index (χ4v) is 1.97. The number of aliphatic hydroxyl groups is 1. The van der Waals surface area contributed by atoms with Gasteiger partial charge in [0.1, 0.15) is 0 Å². The number of carbonyl (C=O) groups is 1. The van der Waals surface area contributed by atoms with Crippen LogP contribution in [0.1, 0.15) is 23.8 Å². The Hall–Kier alpha value is -1.13. The van der Waals surface area contributed by atoms with E-state index in [1.165, 1.54) is 0 Å². The maximum absolute atomic E-state index is 11.7. The molecule has 1 aliphatic rings. The zero-order chi connectivity index (χ0) is 10.9. The van der Waals surface area contributed by atoms with Crippen molar-refractivity contribution in [2.45, 2.75) is 18.9 Å². The van der Waals surface area contributed by atoms with Gasteiger partial charge in [0.15, 0.2) is 5.78 Å². The molecule has 82 valence electrons. The number of nitrogens with zero attached hydrogens (tertiary/aromatic N) is 1. The SMILES string of the molecule is CC1(O)CCN(CC(=O)c2ccc[nH]2)C1. The number of nitrogens with one attached hydrogen (secondary N) is 1. The molecule has 1 saturated heterocycles. The van der Waals surface area contributed by atoms with Crippen molar-refractivity contribution in [3.8, 4) is 0 Å². The fraction of sp³-hybridized carbons (Fsp3) is 0.545. The highest BCUT2D eigenvalue weighted by atomic mass is 16.3. The Morgan fingerprint density at radius 1 is 1.73 bits per heavy atom. The van der Waals surface area contributed by atoms with Crippen LogP contribution in [-0.2, 0) is 0 Å². The molecule has 0 saturated carbocycles. The Balaban J connectivity index is 1.91. The average molecular weight is 208 g/mol. The van der Waals surface area contributed by atoms with E-state index >= 15 is 0 Å². The molecule has 1 aliphatic heterocycles. The van der Waals surface area contributed by atoms with Crippen LogP contribution in [0.4, 0.5) is 0 Å². The second kappa shape index (κ2) is 3.79. The molecule has 1 fully saturated rings. The predicted octanol–water partition coefficient (Wildman–Crippen LogP) is 0.654. The van der Waals surface area contributed by atoms with Crippen LogP contribution in [0.5, 0.6) is 0 Å². The second-order valence-corrected chi connectivity index (χ2v) is 4.46. The molecule has 1 atom stereocenters. The van der Waals surface area contributed by atoms with Gasteiger partial charge in [-0.15, -0.1) is 0 Å². The van der Waals surface area contributed by atoms with Crippen molar-refractivity contribution in [1.29, 1.82) is 0 Å². The lowest BCUT2D eigenvalue weighted by atomic mass is 10.1. The number of aromatic nitrogens is 1. The number of ketones is 1. The molecule has 15 heavy (non-hydrogen) atoms. The van der Waals surface area contributed by atoms with Crippen LogP contribution < -0.4 is 0 Å². The summed E-state index contributed by atoms with van der Waals surface area (Å²) in [6, 6.07) is 3.59. The molecule has 0 bridgehead atoms. The second-order valence-electron chi connectivity index (χ2n) is 4.46. The fourth-order valence-electron chi connectivity index (χ4n) is 1.97. The number of H-pyrrole nitrogens is 1. The molecule has 0 spiro atoms. The highest BCUT2D eigenvalue weighted by Crippen LogP contribution is 2.20. The maximum atomic E-state index is 11.7. The molecular formula is C11H16N2O2. The molecule has 2 rings (SSSR count). The molecule has 0 radical (unpaired) electrons. The molecule has 2 heterocycles. The van der Waals surface area contributed by atoms with E-state index in [4.69, 9.17) is 0 Å². The van der Waals surface area contributed by atoms with Crippen LogP contribution in [0.3, 0.4) is 0 Å². The first-order chi connectivity index (χ1) is 7.07. The van der Waals surface area contributed by atoms with Crippen LogP contribution in [0.2, 0.25) is 0 Å². The van der Waals surface area contributed by atoms with Crippen LogP contribution in [0, 0.1) is 0 Å². The van der Waals surface area contributed by atoms with E-state index in [0.29, 0.717) is 18.8 Å². The summed E-state index contributed by atoms with van der Waals surface area (Å²) in [4.78, 5) is 16.6. The van der Waals surface area contributed by atoms with Gasteiger partial charge in [-0.25, -0.2) is 0 Å². The van der Waals surface area contributed by atoms with E-state index in [1.807, 2.05) is 17.9 Å². The largest absolute Gasteiger partial charge is 0.389 e. The number of β-amino-alcohol motifs (C(OH)–C–C–N with tert-alkyl or cyclic N) is 1. The Morgan fingerprint density at radius 3 is 3.07 bits per heavy atom. The van der Waals surface area contributed by atoms with Crippen LogP contribution >= 0.6 is 0 Å². The first-order valence-electron chi connectivity index (χ1n) is 5.18. The van der Waals surface area contributed by atoms with Gasteiger partial charge in [0, 0.05) is 19.3 Å². The van der Waals surface area contributed by atoms with Crippen molar-refractivity contribution in [3.63, 3.8) is 0 Å². The van der Waals surface area contributed by atoms with E-state index in [9.17, 15) is 9.90 Å². The molecule has 1 aromatic rings. The summed E-state index contributed by atoms with van der Waals surface area (Å²) in [6.07, 6.45) is 2.48. The van der Waals surface area contributed by atoms with Gasteiger partial charge < -0.3 is 10.1 Å². The summed E-state index contributed by atoms with van der Waals surface area (Å²) in [6.45, 7) is 3.57. The zero-order valence-corrected chi connectivity index (χ0v) is 8.86.